The van der Waals surface area contributed by atoms with Crippen molar-refractivity contribution in [3.05, 3.63) is 29.3 Å². The van der Waals surface area contributed by atoms with Crippen LogP contribution >= 0.6 is 0 Å². The maximum Gasteiger partial charge on any atom is 0.232 e. The molecule has 0 spiro atoms. The van der Waals surface area contributed by atoms with Crippen molar-refractivity contribution in [2.45, 2.75) is 50.6 Å². The largest absolute Gasteiger partial charge is 0.335 e. The summed E-state index contributed by atoms with van der Waals surface area (Å²) in [6, 6.07) is 5.44. The number of rotatable bonds is 3. The summed E-state index contributed by atoms with van der Waals surface area (Å²) >= 11 is 0. The lowest BCUT2D eigenvalue weighted by atomic mass is 9.94. The number of carbonyl (C=O) groups is 2. The lowest BCUT2D eigenvalue weighted by molar-refractivity contribution is -0.135. The molecule has 3 heterocycles. The third-order valence-electron chi connectivity index (χ3n) is 5.65. The number of benzene rings is 1. The van der Waals surface area contributed by atoms with Gasteiger partial charge in [-0.05, 0) is 36.5 Å². The Balaban J connectivity index is 1.56. The average Bonchev–Trinajstić information content (AvgIpc) is 3.01. The fourth-order valence-corrected chi connectivity index (χ4v) is 6.39. The number of sulfone groups is 1. The van der Waals surface area contributed by atoms with Gasteiger partial charge in [0.15, 0.2) is 9.84 Å². The molecule has 3 aliphatic rings. The Hall–Kier alpha value is -1.89. The Morgan fingerprint density at radius 2 is 1.92 bits per heavy atom. The van der Waals surface area contributed by atoms with Gasteiger partial charge in [-0.3, -0.25) is 9.59 Å². The van der Waals surface area contributed by atoms with Crippen molar-refractivity contribution in [1.82, 2.24) is 4.90 Å². The van der Waals surface area contributed by atoms with E-state index in [0.717, 1.165) is 36.1 Å². The standard InChI is InChI=1S/C18H22N2O4S/c1-2-11-3-6-16-14(7-11)15(18(22)19-16)8-17(21)20-12-4-5-13(20)10-25(23,24)9-12/h3,6-7,12-13,15H,2,4-5,8-10H2,1H3,(H,19,22). The Labute approximate surface area is 147 Å². The summed E-state index contributed by atoms with van der Waals surface area (Å²) in [5, 5.41) is 2.85. The molecule has 0 aliphatic carbocycles. The van der Waals surface area contributed by atoms with E-state index in [0.29, 0.717) is 0 Å². The molecule has 1 N–H and O–H groups in total. The molecular weight excluding hydrogens is 340 g/mol. The van der Waals surface area contributed by atoms with Gasteiger partial charge in [-0.15, -0.1) is 0 Å². The molecule has 3 atom stereocenters. The van der Waals surface area contributed by atoms with E-state index in [1.807, 2.05) is 18.2 Å². The number of fused-ring (bicyclic) bond motifs is 3. The van der Waals surface area contributed by atoms with E-state index in [-0.39, 0.29) is 41.8 Å². The van der Waals surface area contributed by atoms with Gasteiger partial charge in [-0.25, -0.2) is 8.42 Å². The number of nitrogens with zero attached hydrogens (tertiary/aromatic N) is 1. The molecule has 3 aliphatic heterocycles. The number of amides is 2. The minimum Gasteiger partial charge on any atom is -0.335 e. The molecule has 6 nitrogen and oxygen atoms in total. The van der Waals surface area contributed by atoms with Crippen LogP contribution in [0.5, 0.6) is 0 Å². The molecule has 2 saturated heterocycles. The molecule has 3 unspecified atom stereocenters. The van der Waals surface area contributed by atoms with Crippen molar-refractivity contribution in [2.75, 3.05) is 16.8 Å². The Kier molecular flexibility index (Phi) is 3.86. The maximum atomic E-state index is 12.9. The lowest BCUT2D eigenvalue weighted by Crippen LogP contribution is -2.52. The van der Waals surface area contributed by atoms with E-state index in [2.05, 4.69) is 12.2 Å². The Morgan fingerprint density at radius 1 is 1.24 bits per heavy atom. The van der Waals surface area contributed by atoms with Crippen LogP contribution in [0.25, 0.3) is 0 Å². The second-order valence-corrected chi connectivity index (χ2v) is 9.44. The van der Waals surface area contributed by atoms with Gasteiger partial charge < -0.3 is 10.2 Å². The van der Waals surface area contributed by atoms with Crippen molar-refractivity contribution in [1.29, 1.82) is 0 Å². The molecule has 0 aromatic heterocycles. The lowest BCUT2D eigenvalue weighted by Gasteiger charge is -2.35. The number of carbonyl (C=O) groups excluding carboxylic acids is 2. The quantitative estimate of drug-likeness (QED) is 0.882. The van der Waals surface area contributed by atoms with E-state index >= 15 is 0 Å². The van der Waals surface area contributed by atoms with Crippen molar-refractivity contribution in [3.8, 4) is 0 Å². The molecule has 0 radical (unpaired) electrons. The van der Waals surface area contributed by atoms with E-state index in [9.17, 15) is 18.0 Å². The first kappa shape index (κ1) is 16.6. The third-order valence-corrected chi connectivity index (χ3v) is 7.44. The zero-order valence-corrected chi connectivity index (χ0v) is 15.0. The highest BCUT2D eigenvalue weighted by atomic mass is 32.2. The normalized spacial score (nSPS) is 29.4. The van der Waals surface area contributed by atoms with Gasteiger partial charge in [0.05, 0.1) is 17.4 Å². The fraction of sp³-hybridized carbons (Fsp3) is 0.556. The molecule has 2 fully saturated rings. The maximum absolute atomic E-state index is 12.9. The zero-order chi connectivity index (χ0) is 17.8. The molecule has 1 aromatic rings. The highest BCUT2D eigenvalue weighted by Gasteiger charge is 2.46. The Bertz CT molecular complexity index is 829. The summed E-state index contributed by atoms with van der Waals surface area (Å²) in [6.07, 6.45) is 2.46. The number of nitrogens with one attached hydrogen (secondary N) is 1. The van der Waals surface area contributed by atoms with E-state index < -0.39 is 15.8 Å². The van der Waals surface area contributed by atoms with E-state index in [1.54, 1.807) is 4.90 Å². The van der Waals surface area contributed by atoms with Crippen molar-refractivity contribution >= 4 is 27.3 Å². The summed E-state index contributed by atoms with van der Waals surface area (Å²) in [6.45, 7) is 2.05. The molecule has 2 amide bonds. The monoisotopic (exact) mass is 362 g/mol. The molecule has 0 saturated carbocycles. The predicted molar refractivity (Wildman–Crippen MR) is 94.1 cm³/mol. The Morgan fingerprint density at radius 3 is 2.56 bits per heavy atom. The van der Waals surface area contributed by atoms with Crippen LogP contribution in [0, 0.1) is 0 Å². The first-order valence-electron chi connectivity index (χ1n) is 8.83. The van der Waals surface area contributed by atoms with Crippen LogP contribution in [0.1, 0.15) is 43.2 Å². The third kappa shape index (κ3) is 2.84. The first-order valence-corrected chi connectivity index (χ1v) is 10.7. The average molecular weight is 362 g/mol. The molecule has 1 aromatic carbocycles. The van der Waals surface area contributed by atoms with Crippen LogP contribution in [0.15, 0.2) is 18.2 Å². The zero-order valence-electron chi connectivity index (χ0n) is 14.2. The van der Waals surface area contributed by atoms with Crippen LogP contribution in [-0.2, 0) is 25.8 Å². The summed E-state index contributed by atoms with van der Waals surface area (Å²) in [7, 11) is -3.05. The van der Waals surface area contributed by atoms with Crippen molar-refractivity contribution in [2.24, 2.45) is 0 Å². The van der Waals surface area contributed by atoms with Gasteiger partial charge in [-0.1, -0.05) is 19.1 Å². The second-order valence-electron chi connectivity index (χ2n) is 7.28. The molecule has 134 valence electrons. The second kappa shape index (κ2) is 5.83. The highest BCUT2D eigenvalue weighted by molar-refractivity contribution is 7.91. The minimum atomic E-state index is -3.05. The highest BCUT2D eigenvalue weighted by Crippen LogP contribution is 2.38. The minimum absolute atomic E-state index is 0.0582. The predicted octanol–water partition coefficient (Wildman–Crippen LogP) is 1.46. The van der Waals surface area contributed by atoms with Crippen molar-refractivity contribution in [3.63, 3.8) is 0 Å². The number of aryl methyl sites for hydroxylation is 1. The number of hydrogen-bond donors (Lipinski definition) is 1. The molecule has 7 heteroatoms. The van der Waals surface area contributed by atoms with Gasteiger partial charge >= 0.3 is 0 Å². The number of anilines is 1. The van der Waals surface area contributed by atoms with Crippen LogP contribution in [0.4, 0.5) is 5.69 Å². The van der Waals surface area contributed by atoms with Crippen LogP contribution in [-0.4, -0.2) is 48.7 Å². The SMILES string of the molecule is CCc1ccc2c(c1)C(CC(=O)N1C3CCC1CS(=O)(=O)C3)C(=O)N2. The van der Waals surface area contributed by atoms with Crippen LogP contribution in [0.3, 0.4) is 0 Å². The molecule has 25 heavy (non-hydrogen) atoms. The topological polar surface area (TPSA) is 83.6 Å². The van der Waals surface area contributed by atoms with Gasteiger partial charge in [0, 0.05) is 24.2 Å². The smallest absolute Gasteiger partial charge is 0.232 e. The van der Waals surface area contributed by atoms with Gasteiger partial charge in [0.25, 0.3) is 0 Å². The van der Waals surface area contributed by atoms with Crippen LogP contribution in [0.2, 0.25) is 0 Å². The molecular formula is C18H22N2O4S. The molecule has 4 rings (SSSR count). The first-order chi connectivity index (χ1) is 11.9. The number of hydrogen-bond acceptors (Lipinski definition) is 4. The van der Waals surface area contributed by atoms with E-state index in [4.69, 9.17) is 0 Å². The molecule has 2 bridgehead atoms. The van der Waals surface area contributed by atoms with Crippen molar-refractivity contribution < 1.29 is 18.0 Å². The summed E-state index contributed by atoms with van der Waals surface area (Å²) in [5.74, 6) is -0.608. The van der Waals surface area contributed by atoms with Crippen LogP contribution < -0.4 is 5.32 Å². The van der Waals surface area contributed by atoms with Gasteiger partial charge in [-0.2, -0.15) is 0 Å². The van der Waals surface area contributed by atoms with E-state index in [1.165, 1.54) is 0 Å². The summed E-state index contributed by atoms with van der Waals surface area (Å²) in [5.41, 5.74) is 2.80. The van der Waals surface area contributed by atoms with Gasteiger partial charge in [0.1, 0.15) is 0 Å². The fourth-order valence-electron chi connectivity index (χ4n) is 4.43. The van der Waals surface area contributed by atoms with Gasteiger partial charge in [0.2, 0.25) is 11.8 Å². The summed E-state index contributed by atoms with van der Waals surface area (Å²) < 4.78 is 23.8. The summed E-state index contributed by atoms with van der Waals surface area (Å²) in [4.78, 5) is 27.0.